The van der Waals surface area contributed by atoms with Crippen molar-refractivity contribution in [2.24, 2.45) is 0 Å². The van der Waals surface area contributed by atoms with E-state index in [9.17, 15) is 16.8 Å². The first-order valence-electron chi connectivity index (χ1n) is 6.09. The number of sulfone groups is 1. The number of hydrogen-bond donors (Lipinski definition) is 0. The fourth-order valence-electron chi connectivity index (χ4n) is 2.18. The van der Waals surface area contributed by atoms with E-state index in [-0.39, 0.29) is 28.7 Å². The molecule has 0 spiro atoms. The van der Waals surface area contributed by atoms with E-state index in [1.165, 1.54) is 0 Å². The molecule has 1 fully saturated rings. The Bertz CT molecular complexity index is 769. The van der Waals surface area contributed by atoms with Crippen LogP contribution < -0.4 is 0 Å². The van der Waals surface area contributed by atoms with Gasteiger partial charge >= 0.3 is 0 Å². The molecule has 9 heteroatoms. The first kappa shape index (κ1) is 17.0. The quantitative estimate of drug-likeness (QED) is 0.705. The standard InChI is InChI=1S/C12H14BrNO4S3/c1-3-5-14(10-4-6-20(15,16)8-10)21(17,18)11-7-9(2)12(13)19-11/h1,7,10H,4-6,8H2,2H3. The highest BCUT2D eigenvalue weighted by atomic mass is 79.9. The fraction of sp³-hybridized carbons (Fsp3) is 0.500. The summed E-state index contributed by atoms with van der Waals surface area (Å²) in [5.41, 5.74) is 0.818. The average Bonchev–Trinajstić information content (AvgIpc) is 2.90. The second-order valence-corrected chi connectivity index (χ2v) is 11.5. The zero-order valence-electron chi connectivity index (χ0n) is 11.2. The normalized spacial score (nSPS) is 21.5. The zero-order valence-corrected chi connectivity index (χ0v) is 15.3. The Morgan fingerprint density at radius 1 is 1.57 bits per heavy atom. The first-order valence-corrected chi connectivity index (χ1v) is 11.0. The van der Waals surface area contributed by atoms with Gasteiger partial charge in [0.05, 0.1) is 21.8 Å². The molecule has 5 nitrogen and oxygen atoms in total. The van der Waals surface area contributed by atoms with Crippen LogP contribution in [0.4, 0.5) is 0 Å². The summed E-state index contributed by atoms with van der Waals surface area (Å²) in [6, 6.07) is 0.981. The molecule has 0 amide bonds. The predicted octanol–water partition coefficient (Wildman–Crippen LogP) is 1.63. The first-order chi connectivity index (χ1) is 9.67. The number of hydrogen-bond acceptors (Lipinski definition) is 5. The van der Waals surface area contributed by atoms with Crippen molar-refractivity contribution in [1.82, 2.24) is 4.31 Å². The van der Waals surface area contributed by atoms with Crippen LogP contribution in [0.15, 0.2) is 14.1 Å². The summed E-state index contributed by atoms with van der Waals surface area (Å²) in [4.78, 5) is 0. The van der Waals surface area contributed by atoms with E-state index in [1.54, 1.807) is 13.0 Å². The maximum absolute atomic E-state index is 12.7. The zero-order chi connectivity index (χ0) is 15.8. The van der Waals surface area contributed by atoms with Gasteiger partial charge in [0.2, 0.25) is 0 Å². The second kappa shape index (κ2) is 6.01. The summed E-state index contributed by atoms with van der Waals surface area (Å²) < 4.78 is 50.7. The van der Waals surface area contributed by atoms with Crippen LogP contribution in [0, 0.1) is 19.3 Å². The molecular formula is C12H14BrNO4S3. The Balaban J connectivity index is 2.40. The molecule has 0 N–H and O–H groups in total. The molecule has 2 heterocycles. The lowest BCUT2D eigenvalue weighted by Crippen LogP contribution is -2.41. The number of thiophene rings is 1. The van der Waals surface area contributed by atoms with Crippen molar-refractivity contribution < 1.29 is 16.8 Å². The van der Waals surface area contributed by atoms with Gasteiger partial charge in [-0.05, 0) is 40.9 Å². The number of aryl methyl sites for hydroxylation is 1. The highest BCUT2D eigenvalue weighted by Gasteiger charge is 2.39. The van der Waals surface area contributed by atoms with Gasteiger partial charge < -0.3 is 0 Å². The van der Waals surface area contributed by atoms with Gasteiger partial charge in [-0.15, -0.1) is 17.8 Å². The average molecular weight is 412 g/mol. The van der Waals surface area contributed by atoms with E-state index in [4.69, 9.17) is 6.42 Å². The Kier molecular flexibility index (Phi) is 4.85. The molecule has 0 aromatic carbocycles. The molecule has 1 aliphatic heterocycles. The molecule has 0 saturated carbocycles. The van der Waals surface area contributed by atoms with Gasteiger partial charge in [0.25, 0.3) is 10.0 Å². The van der Waals surface area contributed by atoms with Gasteiger partial charge in [-0.25, -0.2) is 16.8 Å². The maximum atomic E-state index is 12.7. The Hall–Kier alpha value is -0.400. The van der Waals surface area contributed by atoms with Crippen LogP contribution >= 0.6 is 27.3 Å². The van der Waals surface area contributed by atoms with E-state index in [2.05, 4.69) is 21.9 Å². The van der Waals surface area contributed by atoms with Gasteiger partial charge in [0, 0.05) is 6.04 Å². The minimum atomic E-state index is -3.78. The van der Waals surface area contributed by atoms with Gasteiger partial charge in [-0.3, -0.25) is 0 Å². The van der Waals surface area contributed by atoms with E-state index in [0.29, 0.717) is 0 Å². The fourth-order valence-corrected chi connectivity index (χ4v) is 7.93. The third kappa shape index (κ3) is 3.51. The van der Waals surface area contributed by atoms with Gasteiger partial charge in [-0.1, -0.05) is 5.92 Å². The summed E-state index contributed by atoms with van der Waals surface area (Å²) in [6.07, 6.45) is 5.55. The van der Waals surface area contributed by atoms with Crippen molar-refractivity contribution in [2.45, 2.75) is 23.6 Å². The van der Waals surface area contributed by atoms with Gasteiger partial charge in [0.15, 0.2) is 9.84 Å². The molecule has 1 saturated heterocycles. The van der Waals surface area contributed by atoms with Crippen LogP contribution in [-0.2, 0) is 19.9 Å². The number of nitrogens with zero attached hydrogens (tertiary/aromatic N) is 1. The third-order valence-electron chi connectivity index (χ3n) is 3.26. The van der Waals surface area contributed by atoms with Crippen molar-refractivity contribution >= 4 is 47.1 Å². The Morgan fingerprint density at radius 3 is 2.67 bits per heavy atom. The van der Waals surface area contributed by atoms with E-state index in [0.717, 1.165) is 25.0 Å². The highest BCUT2D eigenvalue weighted by molar-refractivity contribution is 9.11. The van der Waals surface area contributed by atoms with Crippen LogP contribution in [0.1, 0.15) is 12.0 Å². The van der Waals surface area contributed by atoms with E-state index < -0.39 is 25.9 Å². The van der Waals surface area contributed by atoms with Gasteiger partial charge in [0.1, 0.15) is 4.21 Å². The van der Waals surface area contributed by atoms with Crippen LogP contribution in [0.3, 0.4) is 0 Å². The minimum absolute atomic E-state index is 0.00141. The van der Waals surface area contributed by atoms with Crippen molar-refractivity contribution in [2.75, 3.05) is 18.1 Å². The SMILES string of the molecule is C#CCN(C1CCS(=O)(=O)C1)S(=O)(=O)c1cc(C)c(Br)s1. The Morgan fingerprint density at radius 2 is 2.24 bits per heavy atom. The largest absolute Gasteiger partial charge is 0.253 e. The van der Waals surface area contributed by atoms with E-state index >= 15 is 0 Å². The summed E-state index contributed by atoms with van der Waals surface area (Å²) >= 11 is 4.40. The van der Waals surface area contributed by atoms with Crippen molar-refractivity contribution in [3.05, 3.63) is 15.4 Å². The molecule has 1 atom stereocenters. The van der Waals surface area contributed by atoms with Crippen LogP contribution in [-0.4, -0.2) is 45.2 Å². The lowest BCUT2D eigenvalue weighted by molar-refractivity contribution is 0.372. The molecule has 1 aromatic heterocycles. The number of terminal acetylenes is 1. The Labute approximate surface area is 137 Å². The predicted molar refractivity (Wildman–Crippen MR) is 86.5 cm³/mol. The smallest absolute Gasteiger partial charge is 0.229 e. The van der Waals surface area contributed by atoms with E-state index in [1.807, 2.05) is 0 Å². The maximum Gasteiger partial charge on any atom is 0.253 e. The molecule has 2 rings (SSSR count). The summed E-state index contributed by atoms with van der Waals surface area (Å²) in [5.74, 6) is 2.15. The van der Waals surface area contributed by atoms with Crippen LogP contribution in [0.25, 0.3) is 0 Å². The van der Waals surface area contributed by atoms with Crippen LogP contribution in [0.5, 0.6) is 0 Å². The number of sulfonamides is 1. The monoisotopic (exact) mass is 411 g/mol. The molecule has 0 radical (unpaired) electrons. The lowest BCUT2D eigenvalue weighted by atomic mass is 10.3. The molecular weight excluding hydrogens is 398 g/mol. The molecule has 21 heavy (non-hydrogen) atoms. The molecule has 0 aliphatic carbocycles. The molecule has 0 bridgehead atoms. The summed E-state index contributed by atoms with van der Waals surface area (Å²) in [7, 11) is -6.97. The number of halogens is 1. The molecule has 1 unspecified atom stereocenters. The summed E-state index contributed by atoms with van der Waals surface area (Å²) in [5, 5.41) is 0. The van der Waals surface area contributed by atoms with Crippen molar-refractivity contribution in [3.63, 3.8) is 0 Å². The van der Waals surface area contributed by atoms with Crippen molar-refractivity contribution in [3.8, 4) is 12.3 Å². The lowest BCUT2D eigenvalue weighted by Gasteiger charge is -2.24. The summed E-state index contributed by atoms with van der Waals surface area (Å²) in [6.45, 7) is 1.67. The van der Waals surface area contributed by atoms with Crippen LogP contribution in [0.2, 0.25) is 0 Å². The minimum Gasteiger partial charge on any atom is -0.229 e. The van der Waals surface area contributed by atoms with Gasteiger partial charge in [-0.2, -0.15) is 4.31 Å². The van der Waals surface area contributed by atoms with Crippen molar-refractivity contribution in [1.29, 1.82) is 0 Å². The molecule has 116 valence electrons. The highest BCUT2D eigenvalue weighted by Crippen LogP contribution is 2.34. The third-order valence-corrected chi connectivity index (χ3v) is 9.49. The number of rotatable bonds is 4. The molecule has 1 aromatic rings. The second-order valence-electron chi connectivity index (χ2n) is 4.83. The molecule has 1 aliphatic rings. The topological polar surface area (TPSA) is 71.5 Å².